The Morgan fingerprint density at radius 1 is 1.31 bits per heavy atom. The maximum atomic E-state index is 11.8. The average molecular weight is 221 g/mol. The van der Waals surface area contributed by atoms with Crippen molar-refractivity contribution in [1.82, 2.24) is 0 Å². The molecule has 0 spiro atoms. The molecule has 0 aliphatic carbocycles. The number of ether oxygens (including phenoxy) is 1. The van der Waals surface area contributed by atoms with Crippen molar-refractivity contribution in [2.24, 2.45) is 5.73 Å². The lowest BCUT2D eigenvalue weighted by Crippen LogP contribution is -2.27. The molecule has 3 heteroatoms. The largest absolute Gasteiger partial charge is 0.496 e. The Labute approximate surface area is 96.6 Å². The summed E-state index contributed by atoms with van der Waals surface area (Å²) in [5.41, 5.74) is 7.29. The zero-order chi connectivity index (χ0) is 12.3. The first-order chi connectivity index (χ1) is 7.47. The lowest BCUT2D eigenvalue weighted by molar-refractivity contribution is 0.0965. The number of hydrogen-bond donors (Lipinski definition) is 1. The van der Waals surface area contributed by atoms with Crippen molar-refractivity contribution in [3.63, 3.8) is 0 Å². The molecule has 0 saturated carbocycles. The van der Waals surface area contributed by atoms with Gasteiger partial charge in [0.15, 0.2) is 5.78 Å². The number of methoxy groups -OCH3 is 1. The van der Waals surface area contributed by atoms with E-state index < -0.39 is 6.04 Å². The normalized spacial score (nSPS) is 12.6. The molecule has 0 aromatic heterocycles. The minimum absolute atomic E-state index is 0.0906. The standard InChI is InChI=1S/C13H19NO2/c1-8(2)10-5-6-11(12(7-10)16-4)13(15)9(3)14/h5-9H,14H2,1-4H3. The molecule has 0 saturated heterocycles. The van der Waals surface area contributed by atoms with Crippen LogP contribution in [0.25, 0.3) is 0 Å². The van der Waals surface area contributed by atoms with Crippen molar-refractivity contribution < 1.29 is 9.53 Å². The predicted octanol–water partition coefficient (Wildman–Crippen LogP) is 2.35. The first-order valence-corrected chi connectivity index (χ1v) is 5.45. The molecule has 88 valence electrons. The third kappa shape index (κ3) is 2.61. The van der Waals surface area contributed by atoms with Gasteiger partial charge in [0.1, 0.15) is 5.75 Å². The minimum Gasteiger partial charge on any atom is -0.496 e. The molecule has 0 aliphatic rings. The molecular weight excluding hydrogens is 202 g/mol. The zero-order valence-electron chi connectivity index (χ0n) is 10.3. The lowest BCUT2D eigenvalue weighted by atomic mass is 9.98. The van der Waals surface area contributed by atoms with Crippen LogP contribution >= 0.6 is 0 Å². The topological polar surface area (TPSA) is 52.3 Å². The van der Waals surface area contributed by atoms with Crippen LogP contribution in [-0.2, 0) is 0 Å². The van der Waals surface area contributed by atoms with Crippen molar-refractivity contribution in [3.8, 4) is 5.75 Å². The highest BCUT2D eigenvalue weighted by Crippen LogP contribution is 2.25. The van der Waals surface area contributed by atoms with Crippen LogP contribution in [0.4, 0.5) is 0 Å². The maximum absolute atomic E-state index is 11.8. The molecule has 0 fully saturated rings. The Hall–Kier alpha value is -1.35. The summed E-state index contributed by atoms with van der Waals surface area (Å²) in [7, 11) is 1.57. The van der Waals surface area contributed by atoms with Crippen molar-refractivity contribution in [2.75, 3.05) is 7.11 Å². The molecule has 0 radical (unpaired) electrons. The molecule has 1 unspecified atom stereocenters. The Bertz CT molecular complexity index is 384. The molecule has 1 aromatic rings. The summed E-state index contributed by atoms with van der Waals surface area (Å²) in [5.74, 6) is 0.925. The summed E-state index contributed by atoms with van der Waals surface area (Å²) in [6, 6.07) is 5.14. The van der Waals surface area contributed by atoms with E-state index in [-0.39, 0.29) is 5.78 Å². The van der Waals surface area contributed by atoms with E-state index in [1.54, 1.807) is 20.1 Å². The monoisotopic (exact) mass is 221 g/mol. The Kier molecular flexibility index (Phi) is 4.07. The average Bonchev–Trinajstić information content (AvgIpc) is 2.26. The maximum Gasteiger partial charge on any atom is 0.182 e. The van der Waals surface area contributed by atoms with E-state index in [1.807, 2.05) is 12.1 Å². The van der Waals surface area contributed by atoms with E-state index in [4.69, 9.17) is 10.5 Å². The van der Waals surface area contributed by atoms with Crippen LogP contribution in [-0.4, -0.2) is 18.9 Å². The van der Waals surface area contributed by atoms with Gasteiger partial charge in [-0.05, 0) is 30.5 Å². The molecule has 3 nitrogen and oxygen atoms in total. The molecule has 1 atom stereocenters. The van der Waals surface area contributed by atoms with Crippen molar-refractivity contribution in [1.29, 1.82) is 0 Å². The van der Waals surface area contributed by atoms with Gasteiger partial charge in [0.2, 0.25) is 0 Å². The smallest absolute Gasteiger partial charge is 0.182 e. The van der Waals surface area contributed by atoms with E-state index in [0.29, 0.717) is 17.2 Å². The second-order valence-corrected chi connectivity index (χ2v) is 4.27. The number of hydrogen-bond acceptors (Lipinski definition) is 3. The highest BCUT2D eigenvalue weighted by atomic mass is 16.5. The Balaban J connectivity index is 3.17. The summed E-state index contributed by atoms with van der Waals surface area (Å²) >= 11 is 0. The van der Waals surface area contributed by atoms with Gasteiger partial charge in [-0.1, -0.05) is 19.9 Å². The molecule has 16 heavy (non-hydrogen) atoms. The molecule has 1 rings (SSSR count). The number of Topliss-reactive ketones (excluding diaryl/α,β-unsaturated/α-hetero) is 1. The number of carbonyl (C=O) groups excluding carboxylic acids is 1. The Morgan fingerprint density at radius 2 is 1.94 bits per heavy atom. The summed E-state index contributed by atoms with van der Waals surface area (Å²) < 4.78 is 5.23. The van der Waals surface area contributed by atoms with Crippen LogP contribution in [0.3, 0.4) is 0 Å². The van der Waals surface area contributed by atoms with Gasteiger partial charge in [-0.2, -0.15) is 0 Å². The summed E-state index contributed by atoms with van der Waals surface area (Å²) in [4.78, 5) is 11.8. The number of ketones is 1. The number of benzene rings is 1. The van der Waals surface area contributed by atoms with Crippen molar-refractivity contribution >= 4 is 5.78 Å². The van der Waals surface area contributed by atoms with Crippen molar-refractivity contribution in [3.05, 3.63) is 29.3 Å². The Morgan fingerprint density at radius 3 is 2.38 bits per heavy atom. The number of nitrogens with two attached hydrogens (primary N) is 1. The SMILES string of the molecule is COc1cc(C(C)C)ccc1C(=O)C(C)N. The van der Waals surface area contributed by atoms with E-state index in [9.17, 15) is 4.79 Å². The van der Waals surface area contributed by atoms with Crippen LogP contribution in [0.15, 0.2) is 18.2 Å². The fraction of sp³-hybridized carbons (Fsp3) is 0.462. The van der Waals surface area contributed by atoms with Gasteiger partial charge in [-0.15, -0.1) is 0 Å². The van der Waals surface area contributed by atoms with Crippen LogP contribution in [0.2, 0.25) is 0 Å². The van der Waals surface area contributed by atoms with Gasteiger partial charge >= 0.3 is 0 Å². The zero-order valence-corrected chi connectivity index (χ0v) is 10.3. The van der Waals surface area contributed by atoms with E-state index >= 15 is 0 Å². The molecule has 0 bridgehead atoms. The molecule has 0 heterocycles. The van der Waals surface area contributed by atoms with Crippen LogP contribution in [0.1, 0.15) is 42.6 Å². The highest BCUT2D eigenvalue weighted by Gasteiger charge is 2.16. The quantitative estimate of drug-likeness (QED) is 0.794. The molecular formula is C13H19NO2. The fourth-order valence-corrected chi connectivity index (χ4v) is 1.52. The molecule has 2 N–H and O–H groups in total. The first kappa shape index (κ1) is 12.7. The van der Waals surface area contributed by atoms with Crippen LogP contribution in [0.5, 0.6) is 5.75 Å². The highest BCUT2D eigenvalue weighted by molar-refractivity contribution is 6.02. The summed E-state index contributed by atoms with van der Waals surface area (Å²) in [6.07, 6.45) is 0. The second kappa shape index (κ2) is 5.12. The third-order valence-corrected chi connectivity index (χ3v) is 2.57. The number of rotatable bonds is 4. The number of carbonyl (C=O) groups is 1. The summed E-state index contributed by atoms with van der Waals surface area (Å²) in [6.45, 7) is 5.88. The van der Waals surface area contributed by atoms with Crippen LogP contribution in [0, 0.1) is 0 Å². The first-order valence-electron chi connectivity index (χ1n) is 5.45. The van der Waals surface area contributed by atoms with Gasteiger partial charge in [0.05, 0.1) is 18.7 Å². The summed E-state index contributed by atoms with van der Waals surface area (Å²) in [5, 5.41) is 0. The fourth-order valence-electron chi connectivity index (χ4n) is 1.52. The van der Waals surface area contributed by atoms with Gasteiger partial charge < -0.3 is 10.5 Å². The molecule has 0 aliphatic heterocycles. The van der Waals surface area contributed by atoms with Crippen molar-refractivity contribution in [2.45, 2.75) is 32.7 Å². The second-order valence-electron chi connectivity index (χ2n) is 4.27. The molecule has 1 aromatic carbocycles. The minimum atomic E-state index is -0.501. The molecule has 0 amide bonds. The van der Waals surface area contributed by atoms with Gasteiger partial charge in [0, 0.05) is 0 Å². The van der Waals surface area contributed by atoms with Gasteiger partial charge in [-0.3, -0.25) is 4.79 Å². The van der Waals surface area contributed by atoms with E-state index in [0.717, 1.165) is 5.56 Å². The van der Waals surface area contributed by atoms with Gasteiger partial charge in [0.25, 0.3) is 0 Å². The van der Waals surface area contributed by atoms with Crippen LogP contribution < -0.4 is 10.5 Å². The van der Waals surface area contributed by atoms with E-state index in [2.05, 4.69) is 13.8 Å². The lowest BCUT2D eigenvalue weighted by Gasteiger charge is -2.13. The predicted molar refractivity (Wildman–Crippen MR) is 65.1 cm³/mol. The third-order valence-electron chi connectivity index (χ3n) is 2.57. The van der Waals surface area contributed by atoms with E-state index in [1.165, 1.54) is 0 Å². The van der Waals surface area contributed by atoms with Gasteiger partial charge in [-0.25, -0.2) is 0 Å².